The lowest BCUT2D eigenvalue weighted by Crippen LogP contribution is -2.08. The summed E-state index contributed by atoms with van der Waals surface area (Å²) >= 11 is 3.13. The van der Waals surface area contributed by atoms with Crippen molar-refractivity contribution in [1.82, 2.24) is 19.7 Å². The van der Waals surface area contributed by atoms with E-state index in [2.05, 4.69) is 16.8 Å². The fourth-order valence-corrected chi connectivity index (χ4v) is 4.72. The molecule has 164 valence electrons. The van der Waals surface area contributed by atoms with Crippen molar-refractivity contribution in [2.24, 2.45) is 0 Å². The Bertz CT molecular complexity index is 1190. The molecule has 0 aliphatic carbocycles. The highest BCUT2D eigenvalue weighted by molar-refractivity contribution is 7.98. The van der Waals surface area contributed by atoms with Crippen LogP contribution in [0.25, 0.3) is 10.6 Å². The molecule has 0 N–H and O–H groups in total. The van der Waals surface area contributed by atoms with Crippen LogP contribution in [0.5, 0.6) is 11.5 Å². The molecule has 2 aromatic heterocycles. The first-order chi connectivity index (χ1) is 15.7. The van der Waals surface area contributed by atoms with Crippen LogP contribution in [0.4, 0.5) is 4.39 Å². The van der Waals surface area contributed by atoms with Crippen LogP contribution in [-0.2, 0) is 18.9 Å². The van der Waals surface area contributed by atoms with Gasteiger partial charge in [-0.05, 0) is 36.4 Å². The molecule has 0 unspecified atom stereocenters. The summed E-state index contributed by atoms with van der Waals surface area (Å²) in [5, 5.41) is 12.2. The highest BCUT2D eigenvalue weighted by Crippen LogP contribution is 2.29. The fraction of sp³-hybridized carbons (Fsp3) is 0.174. The van der Waals surface area contributed by atoms with E-state index in [1.807, 2.05) is 34.2 Å². The summed E-state index contributed by atoms with van der Waals surface area (Å²) in [6, 6.07) is 14.1. The van der Waals surface area contributed by atoms with Crippen LogP contribution < -0.4 is 9.47 Å². The third kappa shape index (κ3) is 5.17. The van der Waals surface area contributed by atoms with Gasteiger partial charge >= 0.3 is 0 Å². The molecule has 0 saturated heterocycles. The Hall–Kier alpha value is -3.17. The molecule has 2 aromatic carbocycles. The summed E-state index contributed by atoms with van der Waals surface area (Å²) in [4.78, 5) is 4.73. The second-order valence-electron chi connectivity index (χ2n) is 6.68. The highest BCUT2D eigenvalue weighted by atomic mass is 32.2. The Kier molecular flexibility index (Phi) is 7.18. The minimum Gasteiger partial charge on any atom is -0.497 e. The van der Waals surface area contributed by atoms with Crippen LogP contribution in [-0.4, -0.2) is 26.9 Å². The third-order valence-corrected chi connectivity index (χ3v) is 6.48. The van der Waals surface area contributed by atoms with Crippen molar-refractivity contribution in [1.29, 1.82) is 0 Å². The summed E-state index contributed by atoms with van der Waals surface area (Å²) in [7, 11) is 1.65. The molecule has 0 amide bonds. The lowest BCUT2D eigenvalue weighted by atomic mass is 10.2. The van der Waals surface area contributed by atoms with E-state index in [4.69, 9.17) is 14.5 Å². The van der Waals surface area contributed by atoms with E-state index >= 15 is 0 Å². The van der Waals surface area contributed by atoms with Crippen LogP contribution >= 0.6 is 23.1 Å². The van der Waals surface area contributed by atoms with E-state index < -0.39 is 5.82 Å². The molecule has 9 heteroatoms. The van der Waals surface area contributed by atoms with E-state index in [1.54, 1.807) is 42.7 Å². The molecule has 0 fully saturated rings. The normalized spacial score (nSPS) is 10.8. The largest absolute Gasteiger partial charge is 0.497 e. The topological polar surface area (TPSA) is 62.1 Å². The highest BCUT2D eigenvalue weighted by Gasteiger charge is 2.14. The molecule has 2 heterocycles. The number of benzene rings is 2. The second-order valence-corrected chi connectivity index (χ2v) is 8.48. The summed E-state index contributed by atoms with van der Waals surface area (Å²) in [6.45, 7) is 4.45. The number of thiazole rings is 1. The molecule has 0 radical (unpaired) electrons. The first kappa shape index (κ1) is 22.0. The Balaban J connectivity index is 1.42. The summed E-state index contributed by atoms with van der Waals surface area (Å²) in [5.41, 5.74) is 2.01. The predicted molar refractivity (Wildman–Crippen MR) is 125 cm³/mol. The maximum absolute atomic E-state index is 13.8. The minimum atomic E-state index is -0.409. The molecule has 0 saturated carbocycles. The number of hydrogen-bond acceptors (Lipinski definition) is 7. The van der Waals surface area contributed by atoms with E-state index in [-0.39, 0.29) is 12.4 Å². The predicted octanol–water partition coefficient (Wildman–Crippen LogP) is 5.61. The summed E-state index contributed by atoms with van der Waals surface area (Å²) in [5.74, 6) is 1.84. The van der Waals surface area contributed by atoms with Crippen molar-refractivity contribution >= 4 is 23.1 Å². The van der Waals surface area contributed by atoms with Gasteiger partial charge in [-0.1, -0.05) is 30.0 Å². The molecule has 6 nitrogen and oxygen atoms in total. The Labute approximate surface area is 193 Å². The molecule has 0 atom stereocenters. The zero-order chi connectivity index (χ0) is 22.3. The van der Waals surface area contributed by atoms with E-state index in [0.717, 1.165) is 27.2 Å². The van der Waals surface area contributed by atoms with Crippen LogP contribution in [0, 0.1) is 5.82 Å². The quantitative estimate of drug-likeness (QED) is 0.223. The first-order valence-electron chi connectivity index (χ1n) is 9.80. The summed E-state index contributed by atoms with van der Waals surface area (Å²) < 4.78 is 26.5. The minimum absolute atomic E-state index is 0.112. The van der Waals surface area contributed by atoms with Gasteiger partial charge in [-0.15, -0.1) is 28.1 Å². The number of halogens is 1. The smallest absolute Gasteiger partial charge is 0.191 e. The lowest BCUT2D eigenvalue weighted by Gasteiger charge is -2.09. The molecule has 0 spiro atoms. The standard InChI is InChI=1S/C23H21FN4O2S2/c1-3-12-28-21(13-30-20-7-5-4-6-19(20)24)26-27-23(28)32-15-17-14-31-22(25-17)16-8-10-18(29-2)11-9-16/h3-11,14H,1,12-13,15H2,2H3. The van der Waals surface area contributed by atoms with Gasteiger partial charge in [0.05, 0.1) is 12.8 Å². The Morgan fingerprint density at radius 2 is 1.97 bits per heavy atom. The number of para-hydroxylation sites is 1. The van der Waals surface area contributed by atoms with Crippen molar-refractivity contribution in [3.8, 4) is 22.1 Å². The monoisotopic (exact) mass is 468 g/mol. The van der Waals surface area contributed by atoms with Crippen LogP contribution in [0.15, 0.2) is 71.7 Å². The molecule has 0 aliphatic rings. The Morgan fingerprint density at radius 1 is 1.16 bits per heavy atom. The third-order valence-electron chi connectivity index (χ3n) is 4.54. The SMILES string of the molecule is C=CCn1c(COc2ccccc2F)nnc1SCc1csc(-c2ccc(OC)cc2)n1. The van der Waals surface area contributed by atoms with Crippen molar-refractivity contribution in [2.45, 2.75) is 24.1 Å². The van der Waals surface area contributed by atoms with E-state index in [1.165, 1.54) is 17.8 Å². The average Bonchev–Trinajstić information content (AvgIpc) is 3.45. The van der Waals surface area contributed by atoms with Gasteiger partial charge < -0.3 is 9.47 Å². The molecule has 4 rings (SSSR count). The summed E-state index contributed by atoms with van der Waals surface area (Å²) in [6.07, 6.45) is 1.77. The van der Waals surface area contributed by atoms with E-state index in [9.17, 15) is 4.39 Å². The fourth-order valence-electron chi connectivity index (χ4n) is 2.93. The maximum Gasteiger partial charge on any atom is 0.191 e. The van der Waals surface area contributed by atoms with E-state index in [0.29, 0.717) is 18.1 Å². The zero-order valence-corrected chi connectivity index (χ0v) is 19.0. The molecule has 0 bridgehead atoms. The van der Waals surface area contributed by atoms with Crippen LogP contribution in [0.1, 0.15) is 11.5 Å². The van der Waals surface area contributed by atoms with Gasteiger partial charge in [-0.3, -0.25) is 4.57 Å². The maximum atomic E-state index is 13.8. The van der Waals surface area contributed by atoms with Gasteiger partial charge in [0.25, 0.3) is 0 Å². The number of aromatic nitrogens is 4. The molecular formula is C23H21FN4O2S2. The van der Waals surface area contributed by atoms with Gasteiger partial charge in [0.2, 0.25) is 0 Å². The van der Waals surface area contributed by atoms with Crippen molar-refractivity contribution in [3.05, 3.63) is 83.9 Å². The molecular weight excluding hydrogens is 447 g/mol. The zero-order valence-electron chi connectivity index (χ0n) is 17.4. The number of hydrogen-bond donors (Lipinski definition) is 0. The number of methoxy groups -OCH3 is 1. The number of allylic oxidation sites excluding steroid dienone is 1. The van der Waals surface area contributed by atoms with Crippen LogP contribution in [0.2, 0.25) is 0 Å². The number of ether oxygens (including phenoxy) is 2. The average molecular weight is 469 g/mol. The number of rotatable bonds is 10. The Morgan fingerprint density at radius 3 is 2.72 bits per heavy atom. The van der Waals surface area contributed by atoms with Gasteiger partial charge in [0, 0.05) is 23.2 Å². The first-order valence-corrected chi connectivity index (χ1v) is 11.7. The van der Waals surface area contributed by atoms with Gasteiger partial charge in [-0.2, -0.15) is 0 Å². The van der Waals surface area contributed by atoms with Crippen molar-refractivity contribution < 1.29 is 13.9 Å². The second kappa shape index (κ2) is 10.4. The van der Waals surface area contributed by atoms with Gasteiger partial charge in [-0.25, -0.2) is 9.37 Å². The van der Waals surface area contributed by atoms with Gasteiger partial charge in [0.1, 0.15) is 17.4 Å². The van der Waals surface area contributed by atoms with Crippen LogP contribution in [0.3, 0.4) is 0 Å². The number of thioether (sulfide) groups is 1. The van der Waals surface area contributed by atoms with Gasteiger partial charge in [0.15, 0.2) is 22.5 Å². The molecule has 0 aliphatic heterocycles. The molecule has 32 heavy (non-hydrogen) atoms. The lowest BCUT2D eigenvalue weighted by molar-refractivity contribution is 0.275. The van der Waals surface area contributed by atoms with Crippen molar-refractivity contribution in [3.63, 3.8) is 0 Å². The number of nitrogens with zero attached hydrogens (tertiary/aromatic N) is 4. The van der Waals surface area contributed by atoms with Crippen molar-refractivity contribution in [2.75, 3.05) is 7.11 Å². The molecule has 4 aromatic rings.